The average Bonchev–Trinajstić information content (AvgIpc) is 2.95. The summed E-state index contributed by atoms with van der Waals surface area (Å²) in [5.41, 5.74) is -6.44. The minimum Gasteiger partial charge on any atom is -0.456 e. The molecular weight excluding hydrogens is 592 g/mol. The number of hydrogen-bond acceptors (Lipinski definition) is 11. The Morgan fingerprint density at radius 3 is 2.26 bits per heavy atom. The first-order valence-corrected chi connectivity index (χ1v) is 16.1. The zero-order valence-electron chi connectivity index (χ0n) is 25.6. The molecule has 4 rings (SSSR count). The van der Waals surface area contributed by atoms with Crippen LogP contribution in [0, 0.1) is 22.7 Å². The molecule has 43 heavy (non-hydrogen) atoms. The molecule has 9 atom stereocenters. The van der Waals surface area contributed by atoms with Crippen LogP contribution in [0.25, 0.3) is 0 Å². The molecule has 1 aromatic carbocycles. The maximum Gasteiger partial charge on any atom is 0.338 e. The van der Waals surface area contributed by atoms with Crippen LogP contribution in [-0.4, -0.2) is 84.2 Å². The highest BCUT2D eigenvalue weighted by Gasteiger charge is 2.75. The van der Waals surface area contributed by atoms with Gasteiger partial charge in [0, 0.05) is 30.1 Å². The largest absolute Gasteiger partial charge is 0.456 e. The summed E-state index contributed by atoms with van der Waals surface area (Å²) in [5, 5.41) is 47.9. The van der Waals surface area contributed by atoms with E-state index in [0.717, 1.165) is 0 Å². The molecule has 9 nitrogen and oxygen atoms in total. The molecule has 0 heterocycles. The van der Waals surface area contributed by atoms with Crippen LogP contribution in [0.1, 0.15) is 71.2 Å². The number of benzene rings is 1. The van der Waals surface area contributed by atoms with Gasteiger partial charge in [0.2, 0.25) is 0 Å². The fraction of sp³-hybridized carbons (Fsp3) is 0.625. The Labute approximate surface area is 262 Å². The SMILES string of the molecule is CC[C@]1(OC(C)=O)[C@H](O)C[C@H](C(=S)SC)[C@@]2(C)C(=O)[C@H](O)C3=C(C)[C@@H](O)C[C@@](O)([C@@H](OC(=O)c4ccccc4)[C@H]12)C3(C)C. The number of ketones is 1. The maximum absolute atomic E-state index is 14.8. The summed E-state index contributed by atoms with van der Waals surface area (Å²) in [5.74, 6) is -4.48. The van der Waals surface area contributed by atoms with Crippen molar-refractivity contribution in [3.63, 3.8) is 0 Å². The first-order chi connectivity index (χ1) is 19.9. The normalized spacial score (nSPS) is 38.8. The summed E-state index contributed by atoms with van der Waals surface area (Å²) in [4.78, 5) is 41.4. The van der Waals surface area contributed by atoms with Gasteiger partial charge in [0.1, 0.15) is 23.4 Å². The van der Waals surface area contributed by atoms with Crippen LogP contribution in [0.4, 0.5) is 0 Å². The highest BCUT2D eigenvalue weighted by atomic mass is 32.2. The molecule has 0 aliphatic heterocycles. The monoisotopic (exact) mass is 634 g/mol. The molecule has 3 aliphatic carbocycles. The second-order valence-electron chi connectivity index (χ2n) is 12.8. The molecule has 4 N–H and O–H groups in total. The Morgan fingerprint density at radius 2 is 1.72 bits per heavy atom. The highest BCUT2D eigenvalue weighted by Crippen LogP contribution is 2.64. The van der Waals surface area contributed by atoms with E-state index in [4.69, 9.17) is 21.7 Å². The zero-order valence-corrected chi connectivity index (χ0v) is 27.3. The van der Waals surface area contributed by atoms with E-state index in [2.05, 4.69) is 0 Å². The van der Waals surface area contributed by atoms with Crippen molar-refractivity contribution >= 4 is 45.9 Å². The third kappa shape index (κ3) is 4.91. The van der Waals surface area contributed by atoms with Crippen LogP contribution in [0.15, 0.2) is 41.5 Å². The van der Waals surface area contributed by atoms with Crippen molar-refractivity contribution in [2.24, 2.45) is 22.7 Å². The molecule has 0 amide bonds. The number of aliphatic hydroxyl groups is 4. The van der Waals surface area contributed by atoms with Gasteiger partial charge in [-0.3, -0.25) is 9.59 Å². The molecule has 1 aromatic rings. The van der Waals surface area contributed by atoms with Crippen LogP contribution in [-0.2, 0) is 19.1 Å². The van der Waals surface area contributed by atoms with Gasteiger partial charge in [-0.25, -0.2) is 4.79 Å². The van der Waals surface area contributed by atoms with Gasteiger partial charge < -0.3 is 29.9 Å². The van der Waals surface area contributed by atoms with Crippen LogP contribution < -0.4 is 0 Å². The minimum atomic E-state index is -2.11. The van der Waals surface area contributed by atoms with Crippen molar-refractivity contribution in [1.29, 1.82) is 0 Å². The molecule has 236 valence electrons. The number of esters is 2. The summed E-state index contributed by atoms with van der Waals surface area (Å²) >= 11 is 6.96. The van der Waals surface area contributed by atoms with Crippen molar-refractivity contribution in [3.8, 4) is 0 Å². The lowest BCUT2D eigenvalue weighted by Gasteiger charge is -2.65. The quantitative estimate of drug-likeness (QED) is 0.214. The van der Waals surface area contributed by atoms with Crippen LogP contribution in [0.5, 0.6) is 0 Å². The van der Waals surface area contributed by atoms with Gasteiger partial charge in [-0.1, -0.05) is 58.1 Å². The molecule has 11 heteroatoms. The zero-order chi connectivity index (χ0) is 32.3. The van der Waals surface area contributed by atoms with Crippen molar-refractivity contribution < 1.29 is 44.3 Å². The molecule has 0 spiro atoms. The lowest BCUT2D eigenvalue weighted by atomic mass is 9.43. The van der Waals surface area contributed by atoms with Crippen molar-refractivity contribution in [1.82, 2.24) is 0 Å². The van der Waals surface area contributed by atoms with E-state index in [1.54, 1.807) is 71.2 Å². The van der Waals surface area contributed by atoms with E-state index >= 15 is 0 Å². The summed E-state index contributed by atoms with van der Waals surface area (Å²) < 4.78 is 12.6. The molecular formula is C32H42O9S2. The van der Waals surface area contributed by atoms with E-state index in [9.17, 15) is 34.8 Å². The first kappa shape index (κ1) is 33.7. The van der Waals surface area contributed by atoms with Gasteiger partial charge in [-0.2, -0.15) is 0 Å². The van der Waals surface area contributed by atoms with E-state index in [0.29, 0.717) is 9.77 Å². The molecule has 2 saturated carbocycles. The Bertz CT molecular complexity index is 1340. The Morgan fingerprint density at radius 1 is 1.12 bits per heavy atom. The number of carbonyl (C=O) groups is 3. The summed E-state index contributed by atoms with van der Waals surface area (Å²) in [6.45, 7) is 9.30. The first-order valence-electron chi connectivity index (χ1n) is 14.5. The number of hydrogen-bond donors (Lipinski definition) is 4. The number of Topliss-reactive ketones (excluding diaryl/α,β-unsaturated/α-hetero) is 1. The number of aliphatic hydroxyl groups excluding tert-OH is 3. The van der Waals surface area contributed by atoms with Gasteiger partial charge in [-0.05, 0) is 49.3 Å². The number of rotatable bonds is 5. The van der Waals surface area contributed by atoms with Crippen LogP contribution >= 0.6 is 24.0 Å². The molecule has 3 aliphatic rings. The lowest BCUT2D eigenvalue weighted by molar-refractivity contribution is -0.273. The smallest absolute Gasteiger partial charge is 0.338 e. The topological polar surface area (TPSA) is 151 Å². The molecule has 0 saturated heterocycles. The molecule has 0 unspecified atom stereocenters. The lowest BCUT2D eigenvalue weighted by Crippen LogP contribution is -2.77. The Balaban J connectivity index is 2.16. The summed E-state index contributed by atoms with van der Waals surface area (Å²) in [7, 11) is 0. The van der Waals surface area contributed by atoms with Gasteiger partial charge in [0.15, 0.2) is 5.78 Å². The van der Waals surface area contributed by atoms with E-state index in [-0.39, 0.29) is 30.4 Å². The number of fused-ring (bicyclic) bond motifs is 3. The minimum absolute atomic E-state index is 0.0176. The van der Waals surface area contributed by atoms with Crippen molar-refractivity contribution in [3.05, 3.63) is 47.0 Å². The van der Waals surface area contributed by atoms with Gasteiger partial charge in [0.05, 0.1) is 27.9 Å². The van der Waals surface area contributed by atoms with E-state index in [1.165, 1.54) is 18.7 Å². The van der Waals surface area contributed by atoms with Crippen molar-refractivity contribution in [2.75, 3.05) is 6.26 Å². The van der Waals surface area contributed by atoms with E-state index < -0.39 is 76.0 Å². The standard InChI is InChI=1S/C32H42O9S2/c1-8-31(41-17(3)33)21(35)14-19(28(42)43-7)30(6)24(31)26(40-27(38)18-12-10-9-11-13-18)32(39)15-20(34)16(2)22(29(32,4)5)23(36)25(30)37/h9-13,19-21,23-24,26,34-36,39H,8,14-15H2,1-7H3/t19-,20+,21-,23-,24+,26+,30-,31+,32-/m1/s1. The highest BCUT2D eigenvalue weighted by molar-refractivity contribution is 8.22. The Hall–Kier alpha value is -2.15. The van der Waals surface area contributed by atoms with Gasteiger partial charge in [-0.15, -0.1) is 11.8 Å². The number of thioether (sulfide) groups is 1. The average molecular weight is 635 g/mol. The number of carbonyl (C=O) groups excluding carboxylic acids is 3. The maximum atomic E-state index is 14.8. The molecule has 2 fully saturated rings. The van der Waals surface area contributed by atoms with E-state index in [1.807, 2.05) is 0 Å². The Kier molecular flexibility index (Phi) is 9.14. The van der Waals surface area contributed by atoms with Gasteiger partial charge in [0.25, 0.3) is 0 Å². The molecule has 0 aromatic heterocycles. The fourth-order valence-corrected chi connectivity index (χ4v) is 9.13. The summed E-state index contributed by atoms with van der Waals surface area (Å²) in [6.07, 6.45) is -4.73. The van der Waals surface area contributed by atoms with Gasteiger partial charge >= 0.3 is 11.9 Å². The number of thiocarbonyl (C=S) groups is 1. The summed E-state index contributed by atoms with van der Waals surface area (Å²) in [6, 6.07) is 8.11. The molecule has 2 bridgehead atoms. The predicted octanol–water partition coefficient (Wildman–Crippen LogP) is 3.40. The third-order valence-electron chi connectivity index (χ3n) is 10.5. The second-order valence-corrected chi connectivity index (χ2v) is 14.4. The third-order valence-corrected chi connectivity index (χ3v) is 12.0. The van der Waals surface area contributed by atoms with Crippen LogP contribution in [0.3, 0.4) is 0 Å². The second kappa shape index (κ2) is 11.7. The number of ether oxygens (including phenoxy) is 2. The molecule has 0 radical (unpaired) electrons. The fourth-order valence-electron chi connectivity index (χ4n) is 8.17. The van der Waals surface area contributed by atoms with Crippen molar-refractivity contribution in [2.45, 2.75) is 96.4 Å². The van der Waals surface area contributed by atoms with Crippen LogP contribution in [0.2, 0.25) is 0 Å². The predicted molar refractivity (Wildman–Crippen MR) is 165 cm³/mol.